The van der Waals surface area contributed by atoms with Gasteiger partial charge in [0.15, 0.2) is 0 Å². The Kier molecular flexibility index (Phi) is 2.25. The summed E-state index contributed by atoms with van der Waals surface area (Å²) in [7, 11) is 0. The van der Waals surface area contributed by atoms with Crippen molar-refractivity contribution >= 4 is 60.4 Å². The molecule has 0 bridgehead atoms. The zero-order valence-corrected chi connectivity index (χ0v) is 10.5. The summed E-state index contributed by atoms with van der Waals surface area (Å²) < 4.78 is 2.15. The predicted octanol–water partition coefficient (Wildman–Crippen LogP) is 4.94. The second kappa shape index (κ2) is 3.52. The van der Waals surface area contributed by atoms with Crippen LogP contribution in [-0.2, 0) is 0 Å². The number of benzene rings is 2. The molecule has 0 atom stereocenters. The van der Waals surface area contributed by atoms with Gasteiger partial charge in [-0.3, -0.25) is 0 Å². The summed E-state index contributed by atoms with van der Waals surface area (Å²) in [5.41, 5.74) is 6.58. The molecule has 4 heteroatoms. The first-order valence-corrected chi connectivity index (χ1v) is 6.30. The molecule has 2 aromatic carbocycles. The van der Waals surface area contributed by atoms with Crippen molar-refractivity contribution < 1.29 is 0 Å². The number of hydrogen-bond donors (Lipinski definition) is 1. The van der Waals surface area contributed by atoms with Crippen LogP contribution in [0.25, 0.3) is 20.2 Å². The Bertz CT molecular complexity index is 703. The van der Waals surface area contributed by atoms with Gasteiger partial charge in [0.05, 0.1) is 20.4 Å². The number of nitrogens with two attached hydrogens (primary N) is 1. The third kappa shape index (κ3) is 1.31. The molecule has 1 aromatic heterocycles. The second-order valence-electron chi connectivity index (χ2n) is 3.56. The zero-order chi connectivity index (χ0) is 11.3. The normalized spacial score (nSPS) is 11.4. The molecule has 0 fully saturated rings. The summed E-state index contributed by atoms with van der Waals surface area (Å²) in [6.07, 6.45) is 0. The lowest BCUT2D eigenvalue weighted by Gasteiger charge is -2.01. The molecule has 3 aromatic rings. The fourth-order valence-electron chi connectivity index (χ4n) is 1.84. The number of nitrogen functional groups attached to an aromatic ring is 1. The molecule has 0 saturated heterocycles. The summed E-state index contributed by atoms with van der Waals surface area (Å²) in [5.74, 6) is 0. The third-order valence-electron chi connectivity index (χ3n) is 2.59. The van der Waals surface area contributed by atoms with Crippen LogP contribution in [0.3, 0.4) is 0 Å². The molecule has 0 aliphatic rings. The van der Waals surface area contributed by atoms with Gasteiger partial charge in [-0.2, -0.15) is 0 Å². The van der Waals surface area contributed by atoms with E-state index < -0.39 is 0 Å². The smallest absolute Gasteiger partial charge is 0.0686 e. The van der Waals surface area contributed by atoms with Crippen molar-refractivity contribution in [1.82, 2.24) is 0 Å². The lowest BCUT2D eigenvalue weighted by atomic mass is 10.1. The first-order valence-electron chi connectivity index (χ1n) is 4.73. The number of fused-ring (bicyclic) bond motifs is 3. The minimum atomic E-state index is 0.518. The Labute approximate surface area is 106 Å². The van der Waals surface area contributed by atoms with E-state index in [-0.39, 0.29) is 0 Å². The third-order valence-corrected chi connectivity index (χ3v) is 4.40. The molecule has 1 nitrogen and oxygen atoms in total. The molecule has 2 N–H and O–H groups in total. The Hall–Kier alpha value is -0.960. The average molecular weight is 268 g/mol. The number of halogens is 2. The van der Waals surface area contributed by atoms with E-state index in [1.807, 2.05) is 18.2 Å². The summed E-state index contributed by atoms with van der Waals surface area (Å²) in [6, 6.07) is 9.82. The molecule has 16 heavy (non-hydrogen) atoms. The van der Waals surface area contributed by atoms with E-state index in [0.717, 1.165) is 15.5 Å². The highest BCUT2D eigenvalue weighted by Gasteiger charge is 2.13. The van der Waals surface area contributed by atoms with Crippen LogP contribution in [0.5, 0.6) is 0 Å². The maximum atomic E-state index is 6.22. The maximum Gasteiger partial charge on any atom is 0.0686 e. The van der Waals surface area contributed by atoms with E-state index >= 15 is 0 Å². The molecular weight excluding hydrogens is 261 g/mol. The highest BCUT2D eigenvalue weighted by molar-refractivity contribution is 7.26. The Morgan fingerprint density at radius 3 is 2.62 bits per heavy atom. The fraction of sp³-hybridized carbons (Fsp3) is 0. The van der Waals surface area contributed by atoms with Crippen LogP contribution in [0.1, 0.15) is 0 Å². The Balaban J connectivity index is 2.64. The van der Waals surface area contributed by atoms with Gasteiger partial charge in [0.25, 0.3) is 0 Å². The molecule has 0 unspecified atom stereocenters. The first-order chi connectivity index (χ1) is 7.68. The Morgan fingerprint density at radius 2 is 1.81 bits per heavy atom. The van der Waals surface area contributed by atoms with Gasteiger partial charge < -0.3 is 5.73 Å². The van der Waals surface area contributed by atoms with Crippen LogP contribution in [0.4, 0.5) is 5.69 Å². The molecule has 0 aliphatic heterocycles. The maximum absolute atomic E-state index is 6.22. The van der Waals surface area contributed by atoms with Crippen molar-refractivity contribution in [2.24, 2.45) is 0 Å². The first kappa shape index (κ1) is 10.2. The summed E-state index contributed by atoms with van der Waals surface area (Å²) in [5, 5.41) is 3.32. The summed E-state index contributed by atoms with van der Waals surface area (Å²) >= 11 is 13.9. The second-order valence-corrected chi connectivity index (χ2v) is 5.42. The van der Waals surface area contributed by atoms with Crippen LogP contribution in [-0.4, -0.2) is 0 Å². The minimum absolute atomic E-state index is 0.518. The highest BCUT2D eigenvalue weighted by atomic mass is 35.5. The van der Waals surface area contributed by atoms with Crippen LogP contribution >= 0.6 is 34.5 Å². The van der Waals surface area contributed by atoms with Gasteiger partial charge in [-0.05, 0) is 12.1 Å². The van der Waals surface area contributed by atoms with Crippen molar-refractivity contribution in [3.8, 4) is 0 Å². The molecule has 1 heterocycles. The van der Waals surface area contributed by atoms with Crippen molar-refractivity contribution in [2.45, 2.75) is 0 Å². The van der Waals surface area contributed by atoms with Crippen molar-refractivity contribution in [3.05, 3.63) is 40.4 Å². The lowest BCUT2D eigenvalue weighted by Crippen LogP contribution is -1.86. The zero-order valence-electron chi connectivity index (χ0n) is 8.13. The van der Waals surface area contributed by atoms with E-state index in [9.17, 15) is 0 Å². The van der Waals surface area contributed by atoms with Crippen LogP contribution < -0.4 is 5.73 Å². The van der Waals surface area contributed by atoms with E-state index in [4.69, 9.17) is 28.9 Å². The molecule has 0 aliphatic carbocycles. The monoisotopic (exact) mass is 267 g/mol. The quantitative estimate of drug-likeness (QED) is 0.574. The minimum Gasteiger partial charge on any atom is -0.396 e. The van der Waals surface area contributed by atoms with Crippen molar-refractivity contribution in [1.29, 1.82) is 0 Å². The molecule has 0 saturated carbocycles. The molecule has 0 amide bonds. The number of anilines is 1. The molecule has 3 rings (SSSR count). The van der Waals surface area contributed by atoms with Gasteiger partial charge in [-0.15, -0.1) is 11.3 Å². The van der Waals surface area contributed by atoms with Crippen molar-refractivity contribution in [2.75, 3.05) is 5.73 Å². The van der Waals surface area contributed by atoms with Crippen LogP contribution in [0, 0.1) is 0 Å². The fourth-order valence-corrected chi connectivity index (χ4v) is 3.71. The predicted molar refractivity (Wildman–Crippen MR) is 73.8 cm³/mol. The standard InChI is InChI=1S/C12H7Cl2NS/c13-7-5-8(14)11(15)12-10(7)6-3-1-2-4-9(6)16-12/h1-5H,15H2. The van der Waals surface area contributed by atoms with Gasteiger partial charge >= 0.3 is 0 Å². The number of rotatable bonds is 0. The van der Waals surface area contributed by atoms with Gasteiger partial charge in [-0.25, -0.2) is 0 Å². The highest BCUT2D eigenvalue weighted by Crippen LogP contribution is 2.43. The molecular formula is C12H7Cl2NS. The SMILES string of the molecule is Nc1c(Cl)cc(Cl)c2c1sc1ccccc12. The number of thiophene rings is 1. The average Bonchev–Trinajstić information content (AvgIpc) is 2.65. The van der Waals surface area contributed by atoms with Crippen molar-refractivity contribution in [3.63, 3.8) is 0 Å². The van der Waals surface area contributed by atoms with Gasteiger partial charge in [0.1, 0.15) is 0 Å². The van der Waals surface area contributed by atoms with E-state index in [1.165, 1.54) is 4.70 Å². The van der Waals surface area contributed by atoms with Crippen LogP contribution in [0.15, 0.2) is 30.3 Å². The number of hydrogen-bond acceptors (Lipinski definition) is 2. The van der Waals surface area contributed by atoms with E-state index in [2.05, 4.69) is 6.07 Å². The van der Waals surface area contributed by atoms with Crippen LogP contribution in [0.2, 0.25) is 10.0 Å². The Morgan fingerprint density at radius 1 is 1.06 bits per heavy atom. The largest absolute Gasteiger partial charge is 0.396 e. The molecule has 0 spiro atoms. The van der Waals surface area contributed by atoms with Gasteiger partial charge in [-0.1, -0.05) is 41.4 Å². The van der Waals surface area contributed by atoms with Gasteiger partial charge in [0, 0.05) is 15.5 Å². The van der Waals surface area contributed by atoms with E-state index in [1.54, 1.807) is 17.4 Å². The topological polar surface area (TPSA) is 26.0 Å². The van der Waals surface area contributed by atoms with E-state index in [0.29, 0.717) is 15.7 Å². The summed E-state index contributed by atoms with van der Waals surface area (Å²) in [6.45, 7) is 0. The summed E-state index contributed by atoms with van der Waals surface area (Å²) in [4.78, 5) is 0. The van der Waals surface area contributed by atoms with Gasteiger partial charge in [0.2, 0.25) is 0 Å². The molecule has 80 valence electrons. The molecule has 0 radical (unpaired) electrons. The lowest BCUT2D eigenvalue weighted by molar-refractivity contribution is 1.80.